The highest BCUT2D eigenvalue weighted by Gasteiger charge is 2.18. The van der Waals surface area contributed by atoms with Crippen LogP contribution in [0.4, 0.5) is 8.78 Å². The van der Waals surface area contributed by atoms with Crippen molar-refractivity contribution in [1.29, 1.82) is 0 Å². The van der Waals surface area contributed by atoms with Crippen LogP contribution in [0.5, 0.6) is 5.75 Å². The zero-order chi connectivity index (χ0) is 16.9. The van der Waals surface area contributed by atoms with Gasteiger partial charge in [-0.2, -0.15) is 8.78 Å². The van der Waals surface area contributed by atoms with Crippen LogP contribution in [-0.2, 0) is 14.7 Å². The molecule has 9 heteroatoms. The summed E-state index contributed by atoms with van der Waals surface area (Å²) in [6.45, 7) is 0.720. The molecule has 1 aromatic rings. The van der Waals surface area contributed by atoms with Crippen molar-refractivity contribution in [1.82, 2.24) is 0 Å². The van der Waals surface area contributed by atoms with Crippen LogP contribution in [0.2, 0.25) is 0 Å². The maximum Gasteiger partial charge on any atom is 0.387 e. The van der Waals surface area contributed by atoms with E-state index in [1.165, 1.54) is 18.2 Å². The number of carbonyl (C=O) groups is 1. The summed E-state index contributed by atoms with van der Waals surface area (Å²) in [5.74, 6) is -0.855. The minimum absolute atomic E-state index is 0.0873. The average Bonchev–Trinajstić information content (AvgIpc) is 2.36. The second-order valence-corrected chi connectivity index (χ2v) is 6.88. The van der Waals surface area contributed by atoms with Crippen molar-refractivity contribution in [3.8, 4) is 5.75 Å². The Labute approximate surface area is 128 Å². The molecular formula is C13H19F2N3O3S. The van der Waals surface area contributed by atoms with Crippen LogP contribution in [0.1, 0.15) is 20.3 Å². The van der Waals surface area contributed by atoms with Gasteiger partial charge in [-0.05, 0) is 30.5 Å². The summed E-state index contributed by atoms with van der Waals surface area (Å²) >= 11 is 0. The molecule has 0 fully saturated rings. The van der Waals surface area contributed by atoms with Gasteiger partial charge in [0.05, 0.1) is 10.9 Å². The van der Waals surface area contributed by atoms with Crippen LogP contribution < -0.4 is 15.6 Å². The molecule has 1 unspecified atom stereocenters. The highest BCUT2D eigenvalue weighted by molar-refractivity contribution is 7.91. The van der Waals surface area contributed by atoms with Gasteiger partial charge in [0.2, 0.25) is 0 Å². The molecule has 2 atom stereocenters. The minimum Gasteiger partial charge on any atom is -0.435 e. The molecular weight excluding hydrogens is 316 g/mol. The zero-order valence-electron chi connectivity index (χ0n) is 12.2. The van der Waals surface area contributed by atoms with Crippen LogP contribution in [0.25, 0.3) is 0 Å². The fraction of sp³-hybridized carbons (Fsp3) is 0.462. The van der Waals surface area contributed by atoms with Gasteiger partial charge >= 0.3 is 6.61 Å². The first-order valence-corrected chi connectivity index (χ1v) is 8.09. The topological polar surface area (TPSA) is 108 Å². The summed E-state index contributed by atoms with van der Waals surface area (Å²) in [4.78, 5) is 11.7. The number of alkyl halides is 2. The van der Waals surface area contributed by atoms with E-state index in [-0.39, 0.29) is 16.6 Å². The van der Waals surface area contributed by atoms with Crippen molar-refractivity contribution in [3.63, 3.8) is 0 Å². The SMILES string of the molecule is CC(C)C[C@H](N)C(=O)N=S(N)(=O)c1cccc(OC(F)F)c1. The molecule has 0 bridgehead atoms. The Hall–Kier alpha value is -1.58. The standard InChI is InChI=1S/C13H19F2N3O3S/c1-8(2)6-11(16)12(19)18-22(17,20)10-5-3-4-9(7-10)21-13(14)15/h3-5,7-8,11,13H,6,16H2,1-2H3,(H2,17,18,19,20)/t11-,22?/m0/s1. The van der Waals surface area contributed by atoms with Crippen LogP contribution in [0, 0.1) is 5.92 Å². The van der Waals surface area contributed by atoms with Crippen molar-refractivity contribution >= 4 is 15.8 Å². The van der Waals surface area contributed by atoms with E-state index in [9.17, 15) is 17.8 Å². The fourth-order valence-corrected chi connectivity index (χ4v) is 2.76. The number of halogens is 2. The second-order valence-electron chi connectivity index (χ2n) is 5.09. The number of benzene rings is 1. The van der Waals surface area contributed by atoms with E-state index in [0.29, 0.717) is 6.42 Å². The van der Waals surface area contributed by atoms with E-state index in [0.717, 1.165) is 6.07 Å². The monoisotopic (exact) mass is 335 g/mol. The van der Waals surface area contributed by atoms with Gasteiger partial charge in [0.15, 0.2) is 0 Å². The molecule has 0 aromatic heterocycles. The highest BCUT2D eigenvalue weighted by atomic mass is 32.2. The quantitative estimate of drug-likeness (QED) is 0.827. The lowest BCUT2D eigenvalue weighted by Gasteiger charge is -2.11. The summed E-state index contributed by atoms with van der Waals surface area (Å²) < 4.78 is 44.3. The highest BCUT2D eigenvalue weighted by Crippen LogP contribution is 2.19. The van der Waals surface area contributed by atoms with Crippen molar-refractivity contribution < 1.29 is 22.5 Å². The fourth-order valence-electron chi connectivity index (χ4n) is 1.70. The number of rotatable bonds is 6. The van der Waals surface area contributed by atoms with Crippen LogP contribution in [0.3, 0.4) is 0 Å². The van der Waals surface area contributed by atoms with Gasteiger partial charge < -0.3 is 10.5 Å². The third kappa shape index (κ3) is 5.66. The predicted octanol–water partition coefficient (Wildman–Crippen LogP) is 1.89. The molecule has 0 saturated carbocycles. The molecule has 0 saturated heterocycles. The van der Waals surface area contributed by atoms with Gasteiger partial charge in [0.25, 0.3) is 5.91 Å². The van der Waals surface area contributed by atoms with E-state index >= 15 is 0 Å². The van der Waals surface area contributed by atoms with E-state index in [2.05, 4.69) is 9.10 Å². The minimum atomic E-state index is -3.58. The molecule has 1 rings (SSSR count). The number of hydrogen-bond donors (Lipinski definition) is 2. The molecule has 6 nitrogen and oxygen atoms in total. The summed E-state index contributed by atoms with van der Waals surface area (Å²) in [5, 5.41) is 5.55. The Balaban J connectivity index is 3.05. The third-order valence-corrected chi connectivity index (χ3v) is 4.02. The van der Waals surface area contributed by atoms with Crippen molar-refractivity contribution in [2.45, 2.75) is 37.8 Å². The molecule has 0 heterocycles. The van der Waals surface area contributed by atoms with Gasteiger partial charge in [-0.3, -0.25) is 4.79 Å². The first-order valence-electron chi connectivity index (χ1n) is 6.51. The molecule has 0 spiro atoms. The molecule has 4 N–H and O–H groups in total. The molecule has 1 amide bonds. The zero-order valence-corrected chi connectivity index (χ0v) is 13.1. The van der Waals surface area contributed by atoms with Crippen LogP contribution in [-0.4, -0.2) is 22.8 Å². The Morgan fingerprint density at radius 2 is 2.05 bits per heavy atom. The summed E-state index contributed by atoms with van der Waals surface area (Å²) in [6.07, 6.45) is 0.367. The molecule has 0 aliphatic rings. The molecule has 0 aliphatic heterocycles. The Morgan fingerprint density at radius 3 is 2.59 bits per heavy atom. The normalized spacial score (nSPS) is 15.5. The smallest absolute Gasteiger partial charge is 0.387 e. The van der Waals surface area contributed by atoms with Gasteiger partial charge in [-0.1, -0.05) is 19.9 Å². The first kappa shape index (κ1) is 18.5. The molecule has 124 valence electrons. The van der Waals surface area contributed by atoms with E-state index in [1.54, 1.807) is 0 Å². The van der Waals surface area contributed by atoms with Crippen molar-refractivity contribution in [2.24, 2.45) is 21.2 Å². The number of carbonyl (C=O) groups excluding carboxylic acids is 1. The van der Waals surface area contributed by atoms with Gasteiger partial charge in [0, 0.05) is 0 Å². The van der Waals surface area contributed by atoms with Crippen LogP contribution in [0.15, 0.2) is 33.5 Å². The van der Waals surface area contributed by atoms with Crippen molar-refractivity contribution in [2.75, 3.05) is 0 Å². The summed E-state index contributed by atoms with van der Waals surface area (Å²) in [5.41, 5.74) is 5.65. The van der Waals surface area contributed by atoms with Gasteiger partial charge in [-0.25, -0.2) is 9.35 Å². The third-order valence-electron chi connectivity index (χ3n) is 2.64. The Kier molecular flexibility index (Phi) is 6.39. The first-order chi connectivity index (χ1) is 10.1. The molecule has 0 aliphatic carbocycles. The lowest BCUT2D eigenvalue weighted by Crippen LogP contribution is -2.32. The summed E-state index contributed by atoms with van der Waals surface area (Å²) in [6, 6.07) is 4.03. The van der Waals surface area contributed by atoms with E-state index in [1.807, 2.05) is 13.8 Å². The number of amides is 1. The molecule has 22 heavy (non-hydrogen) atoms. The predicted molar refractivity (Wildman–Crippen MR) is 78.5 cm³/mol. The lowest BCUT2D eigenvalue weighted by atomic mass is 10.0. The average molecular weight is 335 g/mol. The molecule has 1 aromatic carbocycles. The van der Waals surface area contributed by atoms with Crippen LogP contribution >= 0.6 is 0 Å². The van der Waals surface area contributed by atoms with Crippen molar-refractivity contribution in [3.05, 3.63) is 24.3 Å². The van der Waals surface area contributed by atoms with Gasteiger partial charge in [-0.15, -0.1) is 4.36 Å². The maximum atomic E-state index is 12.3. The number of ether oxygens (including phenoxy) is 1. The number of nitrogens with two attached hydrogens (primary N) is 2. The Morgan fingerprint density at radius 1 is 1.41 bits per heavy atom. The Bertz CT molecular complexity index is 643. The largest absolute Gasteiger partial charge is 0.435 e. The lowest BCUT2D eigenvalue weighted by molar-refractivity contribution is -0.119. The second kappa shape index (κ2) is 7.61. The van der Waals surface area contributed by atoms with E-state index in [4.69, 9.17) is 10.9 Å². The van der Waals surface area contributed by atoms with Gasteiger partial charge in [0.1, 0.15) is 15.7 Å². The molecule has 0 radical (unpaired) electrons. The maximum absolute atomic E-state index is 12.3. The summed E-state index contributed by atoms with van der Waals surface area (Å²) in [7, 11) is -3.58. The number of nitrogens with zero attached hydrogens (tertiary/aromatic N) is 1. The van der Waals surface area contributed by atoms with E-state index < -0.39 is 28.5 Å². The number of hydrogen-bond acceptors (Lipinski definition) is 4.